The Kier molecular flexibility index (Phi) is 5.45. The minimum atomic E-state index is -3.78. The number of nitrogens with one attached hydrogen (secondary N) is 1. The zero-order valence-electron chi connectivity index (χ0n) is 12.5. The number of halogens is 1. The molecule has 0 saturated heterocycles. The van der Waals surface area contributed by atoms with Crippen molar-refractivity contribution in [3.05, 3.63) is 33.9 Å². The monoisotopic (exact) mass is 377 g/mol. The average molecular weight is 378 g/mol. The Labute approximate surface area is 142 Å². The quantitative estimate of drug-likeness (QED) is 0.764. The summed E-state index contributed by atoms with van der Waals surface area (Å²) >= 11 is 6.82. The van der Waals surface area contributed by atoms with E-state index in [1.807, 2.05) is 0 Å². The van der Waals surface area contributed by atoms with Gasteiger partial charge in [0.05, 0.1) is 16.5 Å². The number of aromatic nitrogens is 2. The van der Waals surface area contributed by atoms with E-state index in [2.05, 4.69) is 9.82 Å². The molecule has 0 saturated carbocycles. The number of hydrogen-bond donors (Lipinski definition) is 2. The lowest BCUT2D eigenvalue weighted by atomic mass is 10.0. The molecule has 2 aromatic rings. The lowest BCUT2D eigenvalue weighted by Gasteiger charge is -2.12. The fourth-order valence-corrected chi connectivity index (χ4v) is 4.79. The van der Waals surface area contributed by atoms with Crippen LogP contribution in [0.3, 0.4) is 0 Å². The van der Waals surface area contributed by atoms with Gasteiger partial charge in [0, 0.05) is 19.8 Å². The number of carbonyl (C=O) groups is 1. The van der Waals surface area contributed by atoms with Crippen molar-refractivity contribution < 1.29 is 18.3 Å². The standard InChI is InChI=1S/C13H16ClN3O4S2/c1-8-3-11(22-12(8)14)23(20,21)16-6-10(13(18)19)4-9-5-15-17(2)7-9/h3,5,7,10,16H,4,6H2,1-2H3,(H,18,19). The lowest BCUT2D eigenvalue weighted by molar-refractivity contribution is -0.141. The van der Waals surface area contributed by atoms with Crippen molar-refractivity contribution in [2.24, 2.45) is 13.0 Å². The Bertz CT molecular complexity index is 794. The van der Waals surface area contributed by atoms with E-state index < -0.39 is 21.9 Å². The van der Waals surface area contributed by atoms with Gasteiger partial charge in [0.25, 0.3) is 0 Å². The van der Waals surface area contributed by atoms with Crippen LogP contribution in [0.5, 0.6) is 0 Å². The van der Waals surface area contributed by atoms with Crippen LogP contribution in [0, 0.1) is 12.8 Å². The van der Waals surface area contributed by atoms with Crippen LogP contribution in [-0.2, 0) is 28.3 Å². The molecule has 0 fully saturated rings. The van der Waals surface area contributed by atoms with Crippen molar-refractivity contribution >= 4 is 38.9 Å². The molecule has 0 bridgehead atoms. The van der Waals surface area contributed by atoms with Crippen LogP contribution in [0.2, 0.25) is 4.34 Å². The highest BCUT2D eigenvalue weighted by Crippen LogP contribution is 2.29. The number of thiophene rings is 1. The lowest BCUT2D eigenvalue weighted by Crippen LogP contribution is -2.33. The molecule has 126 valence electrons. The Morgan fingerprint density at radius 3 is 2.74 bits per heavy atom. The summed E-state index contributed by atoms with van der Waals surface area (Å²) in [6.45, 7) is 1.50. The van der Waals surface area contributed by atoms with Gasteiger partial charge in [0.1, 0.15) is 4.21 Å². The van der Waals surface area contributed by atoms with E-state index in [1.165, 1.54) is 6.07 Å². The van der Waals surface area contributed by atoms with Gasteiger partial charge >= 0.3 is 5.97 Å². The molecule has 1 unspecified atom stereocenters. The van der Waals surface area contributed by atoms with Gasteiger partial charge in [-0.1, -0.05) is 11.6 Å². The maximum absolute atomic E-state index is 12.2. The molecule has 23 heavy (non-hydrogen) atoms. The molecule has 7 nitrogen and oxygen atoms in total. The summed E-state index contributed by atoms with van der Waals surface area (Å²) in [4.78, 5) is 11.3. The normalized spacial score (nSPS) is 13.2. The van der Waals surface area contributed by atoms with E-state index >= 15 is 0 Å². The second-order valence-corrected chi connectivity index (χ2v) is 8.78. The van der Waals surface area contributed by atoms with Gasteiger partial charge in [-0.15, -0.1) is 11.3 Å². The van der Waals surface area contributed by atoms with E-state index in [4.69, 9.17) is 11.6 Å². The molecule has 0 aromatic carbocycles. The maximum atomic E-state index is 12.2. The number of aliphatic carboxylic acids is 1. The molecule has 0 spiro atoms. The van der Waals surface area contributed by atoms with Crippen molar-refractivity contribution in [2.75, 3.05) is 6.54 Å². The maximum Gasteiger partial charge on any atom is 0.308 e. The van der Waals surface area contributed by atoms with Crippen LogP contribution >= 0.6 is 22.9 Å². The van der Waals surface area contributed by atoms with Crippen LogP contribution in [0.4, 0.5) is 0 Å². The minimum absolute atomic E-state index is 0.0746. The number of rotatable bonds is 7. The van der Waals surface area contributed by atoms with Crippen LogP contribution in [0.1, 0.15) is 11.1 Å². The number of hydrogen-bond acceptors (Lipinski definition) is 5. The van der Waals surface area contributed by atoms with Gasteiger partial charge in [0.2, 0.25) is 10.0 Å². The smallest absolute Gasteiger partial charge is 0.308 e. The first-order valence-corrected chi connectivity index (χ1v) is 9.32. The van der Waals surface area contributed by atoms with Gasteiger partial charge in [-0.25, -0.2) is 13.1 Å². The van der Waals surface area contributed by atoms with Gasteiger partial charge in [0.15, 0.2) is 0 Å². The molecule has 2 heterocycles. The second kappa shape index (κ2) is 7.00. The van der Waals surface area contributed by atoms with Crippen molar-refractivity contribution in [3.63, 3.8) is 0 Å². The van der Waals surface area contributed by atoms with Gasteiger partial charge < -0.3 is 5.11 Å². The molecule has 0 aliphatic carbocycles. The second-order valence-electron chi connectivity index (χ2n) is 5.14. The fourth-order valence-electron chi connectivity index (χ4n) is 1.95. The number of carboxylic acids is 1. The number of sulfonamides is 1. The van der Waals surface area contributed by atoms with E-state index in [-0.39, 0.29) is 17.2 Å². The number of carboxylic acid groups (broad SMARTS) is 1. The molecule has 2 rings (SSSR count). The van der Waals surface area contributed by atoms with E-state index in [9.17, 15) is 18.3 Å². The Morgan fingerprint density at radius 2 is 2.26 bits per heavy atom. The zero-order valence-corrected chi connectivity index (χ0v) is 14.9. The third-order valence-electron chi connectivity index (χ3n) is 3.21. The molecule has 0 amide bonds. The van der Waals surface area contributed by atoms with Crippen molar-refractivity contribution in [2.45, 2.75) is 17.6 Å². The largest absolute Gasteiger partial charge is 0.481 e. The average Bonchev–Trinajstić information content (AvgIpc) is 3.01. The predicted molar refractivity (Wildman–Crippen MR) is 87.3 cm³/mol. The molecule has 0 aliphatic heterocycles. The van der Waals surface area contributed by atoms with Crippen molar-refractivity contribution in [1.82, 2.24) is 14.5 Å². The molecule has 2 N–H and O–H groups in total. The summed E-state index contributed by atoms with van der Waals surface area (Å²) in [5, 5.41) is 13.2. The van der Waals surface area contributed by atoms with Gasteiger partial charge in [-0.05, 0) is 30.5 Å². The summed E-state index contributed by atoms with van der Waals surface area (Å²) < 4.78 is 28.8. The zero-order chi connectivity index (χ0) is 17.2. The van der Waals surface area contributed by atoms with Crippen molar-refractivity contribution in [1.29, 1.82) is 0 Å². The molecule has 0 aliphatic rings. The highest BCUT2D eigenvalue weighted by atomic mass is 35.5. The first-order valence-electron chi connectivity index (χ1n) is 6.65. The highest BCUT2D eigenvalue weighted by molar-refractivity contribution is 7.91. The van der Waals surface area contributed by atoms with Crippen molar-refractivity contribution in [3.8, 4) is 0 Å². The number of aryl methyl sites for hydroxylation is 2. The molecule has 2 aromatic heterocycles. The molecule has 0 radical (unpaired) electrons. The topological polar surface area (TPSA) is 101 Å². The summed E-state index contributed by atoms with van der Waals surface area (Å²) in [6.07, 6.45) is 3.45. The molecular formula is C13H16ClN3O4S2. The third-order valence-corrected chi connectivity index (χ3v) is 6.66. The SMILES string of the molecule is Cc1cc(S(=O)(=O)NCC(Cc2cnn(C)c2)C(=O)O)sc1Cl. The van der Waals surface area contributed by atoms with Crippen LogP contribution in [0.25, 0.3) is 0 Å². The third kappa shape index (κ3) is 4.54. The molecular weight excluding hydrogens is 362 g/mol. The first-order chi connectivity index (χ1) is 10.7. The first kappa shape index (κ1) is 17.9. The van der Waals surface area contributed by atoms with Gasteiger partial charge in [-0.2, -0.15) is 5.10 Å². The Morgan fingerprint density at radius 1 is 1.57 bits per heavy atom. The number of nitrogens with zero attached hydrogens (tertiary/aromatic N) is 2. The fraction of sp³-hybridized carbons (Fsp3) is 0.385. The van der Waals surface area contributed by atoms with E-state index in [1.54, 1.807) is 31.0 Å². The summed E-state index contributed by atoms with van der Waals surface area (Å²) in [6, 6.07) is 1.46. The summed E-state index contributed by atoms with van der Waals surface area (Å²) in [5.41, 5.74) is 1.40. The minimum Gasteiger partial charge on any atom is -0.481 e. The van der Waals surface area contributed by atoms with Gasteiger partial charge in [-0.3, -0.25) is 9.48 Å². The molecule has 10 heteroatoms. The van der Waals surface area contributed by atoms with Crippen LogP contribution < -0.4 is 4.72 Å². The Balaban J connectivity index is 2.07. The summed E-state index contributed by atoms with van der Waals surface area (Å²) in [7, 11) is -2.05. The van der Waals surface area contributed by atoms with Crippen LogP contribution in [0.15, 0.2) is 22.7 Å². The van der Waals surface area contributed by atoms with E-state index in [0.29, 0.717) is 9.90 Å². The van der Waals surface area contributed by atoms with Crippen LogP contribution in [-0.4, -0.2) is 35.8 Å². The Hall–Kier alpha value is -1.42. The highest BCUT2D eigenvalue weighted by Gasteiger charge is 2.24. The van der Waals surface area contributed by atoms with E-state index in [0.717, 1.165) is 16.9 Å². The predicted octanol–water partition coefficient (Wildman–Crippen LogP) is 1.67. The molecule has 1 atom stereocenters. The summed E-state index contributed by atoms with van der Waals surface area (Å²) in [5.74, 6) is -1.96.